The third-order valence-electron chi connectivity index (χ3n) is 3.62. The Morgan fingerprint density at radius 3 is 2.04 bits per heavy atom. The lowest BCUT2D eigenvalue weighted by Gasteiger charge is -2.23. The van der Waals surface area contributed by atoms with Crippen LogP contribution in [0.2, 0.25) is 0 Å². The number of ketones is 1. The van der Waals surface area contributed by atoms with E-state index >= 15 is 0 Å². The van der Waals surface area contributed by atoms with Crippen LogP contribution in [-0.2, 0) is 9.53 Å². The molecule has 0 spiro atoms. The van der Waals surface area contributed by atoms with E-state index in [4.69, 9.17) is 4.74 Å². The van der Waals surface area contributed by atoms with Gasteiger partial charge in [0, 0.05) is 11.3 Å². The van der Waals surface area contributed by atoms with Gasteiger partial charge in [-0.2, -0.15) is 0 Å². The van der Waals surface area contributed by atoms with Gasteiger partial charge in [-0.05, 0) is 57.5 Å². The van der Waals surface area contributed by atoms with Crippen LogP contribution in [0.3, 0.4) is 0 Å². The van der Waals surface area contributed by atoms with E-state index in [0.717, 1.165) is 0 Å². The zero-order chi connectivity index (χ0) is 20.0. The number of carbonyl (C=O) groups is 3. The van der Waals surface area contributed by atoms with E-state index in [1.54, 1.807) is 69.3 Å². The van der Waals surface area contributed by atoms with Crippen molar-refractivity contribution in [1.29, 1.82) is 0 Å². The van der Waals surface area contributed by atoms with Gasteiger partial charge in [-0.15, -0.1) is 0 Å². The van der Waals surface area contributed by atoms with Crippen LogP contribution in [0.4, 0.5) is 10.5 Å². The number of alkyl carbamates (subject to hydrolysis) is 1. The van der Waals surface area contributed by atoms with Crippen LogP contribution >= 0.6 is 0 Å². The largest absolute Gasteiger partial charge is 0.444 e. The van der Waals surface area contributed by atoms with Gasteiger partial charge in [-0.3, -0.25) is 9.59 Å². The van der Waals surface area contributed by atoms with Gasteiger partial charge in [0.15, 0.2) is 5.78 Å². The van der Waals surface area contributed by atoms with Crippen LogP contribution in [0, 0.1) is 0 Å². The van der Waals surface area contributed by atoms with Gasteiger partial charge in [0.25, 0.3) is 5.91 Å². The van der Waals surface area contributed by atoms with Crippen molar-refractivity contribution in [3.05, 3.63) is 65.7 Å². The monoisotopic (exact) mass is 368 g/mol. The summed E-state index contributed by atoms with van der Waals surface area (Å²) in [7, 11) is 0. The predicted molar refractivity (Wildman–Crippen MR) is 104 cm³/mol. The summed E-state index contributed by atoms with van der Waals surface area (Å²) in [6.45, 7) is 6.73. The zero-order valence-corrected chi connectivity index (χ0v) is 15.9. The molecule has 0 aromatic heterocycles. The van der Waals surface area contributed by atoms with E-state index in [-0.39, 0.29) is 5.78 Å². The van der Waals surface area contributed by atoms with Crippen molar-refractivity contribution in [2.24, 2.45) is 0 Å². The quantitative estimate of drug-likeness (QED) is 0.779. The second-order valence-corrected chi connectivity index (χ2v) is 7.11. The van der Waals surface area contributed by atoms with Crippen LogP contribution in [0.1, 0.15) is 49.7 Å². The number of anilines is 1. The van der Waals surface area contributed by atoms with Crippen molar-refractivity contribution in [3.8, 4) is 0 Å². The predicted octanol–water partition coefficient (Wildman–Crippen LogP) is 4.09. The van der Waals surface area contributed by atoms with E-state index in [1.165, 1.54) is 6.92 Å². The van der Waals surface area contributed by atoms with Gasteiger partial charge in [-0.1, -0.05) is 30.3 Å². The standard InChI is InChI=1S/C21H24N2O4/c1-14(24)15-10-12-17(13-11-15)22-19(25)18(16-8-6-5-7-9-16)23-20(26)27-21(2,3)4/h5-13,18H,1-4H3,(H,22,25)(H,23,26)/t18-/m0/s1. The third-order valence-corrected chi connectivity index (χ3v) is 3.62. The van der Waals surface area contributed by atoms with Crippen molar-refractivity contribution in [2.75, 3.05) is 5.32 Å². The molecule has 1 atom stereocenters. The smallest absolute Gasteiger partial charge is 0.408 e. The first-order chi connectivity index (χ1) is 12.7. The molecule has 0 heterocycles. The maximum absolute atomic E-state index is 12.8. The van der Waals surface area contributed by atoms with Gasteiger partial charge in [0.2, 0.25) is 0 Å². The highest BCUT2D eigenvalue weighted by Gasteiger charge is 2.25. The second kappa shape index (κ2) is 8.49. The van der Waals surface area contributed by atoms with Crippen LogP contribution < -0.4 is 10.6 Å². The number of amides is 2. The summed E-state index contributed by atoms with van der Waals surface area (Å²) in [5, 5.41) is 5.37. The molecule has 2 rings (SSSR count). The number of Topliss-reactive ketones (excluding diaryl/α,β-unsaturated/α-hetero) is 1. The Kier molecular flexibility index (Phi) is 6.34. The molecule has 2 aromatic carbocycles. The van der Waals surface area contributed by atoms with Crippen molar-refractivity contribution in [2.45, 2.75) is 39.3 Å². The van der Waals surface area contributed by atoms with E-state index in [1.807, 2.05) is 6.07 Å². The Balaban J connectivity index is 2.18. The molecular weight excluding hydrogens is 344 g/mol. The van der Waals surface area contributed by atoms with E-state index in [9.17, 15) is 14.4 Å². The fourth-order valence-electron chi connectivity index (χ4n) is 2.37. The minimum absolute atomic E-state index is 0.0540. The highest BCUT2D eigenvalue weighted by atomic mass is 16.6. The van der Waals surface area contributed by atoms with E-state index in [2.05, 4.69) is 10.6 Å². The van der Waals surface area contributed by atoms with E-state index < -0.39 is 23.6 Å². The number of rotatable bonds is 5. The average molecular weight is 368 g/mol. The van der Waals surface area contributed by atoms with Crippen molar-refractivity contribution >= 4 is 23.5 Å². The van der Waals surface area contributed by atoms with Crippen molar-refractivity contribution < 1.29 is 19.1 Å². The Hall–Kier alpha value is -3.15. The summed E-state index contributed by atoms with van der Waals surface area (Å²) < 4.78 is 5.26. The number of nitrogens with one attached hydrogen (secondary N) is 2. The SMILES string of the molecule is CC(=O)c1ccc(NC(=O)[C@@H](NC(=O)OC(C)(C)C)c2ccccc2)cc1. The first-order valence-corrected chi connectivity index (χ1v) is 8.62. The number of hydrogen-bond donors (Lipinski definition) is 2. The molecule has 2 N–H and O–H groups in total. The highest BCUT2D eigenvalue weighted by molar-refractivity contribution is 5.98. The van der Waals surface area contributed by atoms with Crippen LogP contribution in [-0.4, -0.2) is 23.4 Å². The maximum Gasteiger partial charge on any atom is 0.408 e. The molecule has 142 valence electrons. The first-order valence-electron chi connectivity index (χ1n) is 8.62. The molecule has 0 fully saturated rings. The fraction of sp³-hybridized carbons (Fsp3) is 0.286. The molecule has 6 heteroatoms. The summed E-state index contributed by atoms with van der Waals surface area (Å²) in [6, 6.07) is 14.5. The van der Waals surface area contributed by atoms with E-state index in [0.29, 0.717) is 16.8 Å². The number of carbonyl (C=O) groups excluding carboxylic acids is 3. The molecule has 0 aliphatic rings. The van der Waals surface area contributed by atoms with Gasteiger partial charge < -0.3 is 15.4 Å². The maximum atomic E-state index is 12.8. The molecule has 0 aliphatic carbocycles. The van der Waals surface area contributed by atoms with Crippen LogP contribution in [0.25, 0.3) is 0 Å². The number of benzene rings is 2. The molecule has 27 heavy (non-hydrogen) atoms. The van der Waals surface area contributed by atoms with Crippen molar-refractivity contribution in [1.82, 2.24) is 5.32 Å². The molecule has 0 saturated heterocycles. The summed E-state index contributed by atoms with van der Waals surface area (Å²) in [5.41, 5.74) is 1.03. The first kappa shape index (κ1) is 20.2. The van der Waals surface area contributed by atoms with Gasteiger partial charge in [0.05, 0.1) is 0 Å². The minimum Gasteiger partial charge on any atom is -0.444 e. The molecule has 0 aliphatic heterocycles. The van der Waals surface area contributed by atoms with Crippen molar-refractivity contribution in [3.63, 3.8) is 0 Å². The topological polar surface area (TPSA) is 84.5 Å². The summed E-state index contributed by atoms with van der Waals surface area (Å²) in [4.78, 5) is 36.3. The molecule has 0 saturated carbocycles. The summed E-state index contributed by atoms with van der Waals surface area (Å²) in [5.74, 6) is -0.468. The van der Waals surface area contributed by atoms with Crippen LogP contribution in [0.15, 0.2) is 54.6 Å². The minimum atomic E-state index is -0.923. The molecular formula is C21H24N2O4. The highest BCUT2D eigenvalue weighted by Crippen LogP contribution is 2.18. The lowest BCUT2D eigenvalue weighted by molar-refractivity contribution is -0.118. The number of hydrogen-bond acceptors (Lipinski definition) is 4. The Morgan fingerprint density at radius 2 is 1.52 bits per heavy atom. The lowest BCUT2D eigenvalue weighted by atomic mass is 10.1. The third kappa shape index (κ3) is 6.26. The molecule has 2 amide bonds. The average Bonchev–Trinajstić information content (AvgIpc) is 2.59. The Bertz CT molecular complexity index is 808. The van der Waals surface area contributed by atoms with Gasteiger partial charge >= 0.3 is 6.09 Å². The molecule has 6 nitrogen and oxygen atoms in total. The fourth-order valence-corrected chi connectivity index (χ4v) is 2.37. The molecule has 0 radical (unpaired) electrons. The van der Waals surface area contributed by atoms with Crippen LogP contribution in [0.5, 0.6) is 0 Å². The molecule has 0 unspecified atom stereocenters. The summed E-state index contributed by atoms with van der Waals surface area (Å²) in [6.07, 6.45) is -0.682. The molecule has 2 aromatic rings. The Morgan fingerprint density at radius 1 is 0.926 bits per heavy atom. The normalized spacial score (nSPS) is 12.0. The summed E-state index contributed by atoms with van der Waals surface area (Å²) >= 11 is 0. The number of ether oxygens (including phenoxy) is 1. The second-order valence-electron chi connectivity index (χ2n) is 7.11. The molecule has 0 bridgehead atoms. The van der Waals surface area contributed by atoms with Gasteiger partial charge in [-0.25, -0.2) is 4.79 Å². The lowest BCUT2D eigenvalue weighted by Crippen LogP contribution is -2.40. The Labute approximate surface area is 158 Å². The van der Waals surface area contributed by atoms with Gasteiger partial charge in [0.1, 0.15) is 11.6 Å². The zero-order valence-electron chi connectivity index (χ0n) is 15.9.